The Morgan fingerprint density at radius 1 is 1.67 bits per heavy atom. The van der Waals surface area contributed by atoms with E-state index >= 15 is 0 Å². The summed E-state index contributed by atoms with van der Waals surface area (Å²) in [5, 5.41) is 16.7. The number of rotatable bonds is 0. The monoisotopic (exact) mass is 191 g/mol. The zero-order valence-corrected chi connectivity index (χ0v) is 10.1. The van der Waals surface area contributed by atoms with E-state index in [0.717, 1.165) is 0 Å². The molecule has 0 aromatic heterocycles. The largest absolute Gasteiger partial charge is 1.00 e. The number of hydrogen-bond acceptors (Lipinski definition) is 3. The Kier molecular flexibility index (Phi) is 17.6. The molecule has 1 N–H and O–H groups in total. The van der Waals surface area contributed by atoms with Crippen LogP contribution in [0.2, 0.25) is 0 Å². The Hall–Kier alpha value is 1.42. The minimum atomic E-state index is -0.495. The third kappa shape index (κ3) is 258. The van der Waals surface area contributed by atoms with Gasteiger partial charge in [-0.15, -0.1) is 12.2 Å². The van der Waals surface area contributed by atoms with Gasteiger partial charge in [0.05, 0.1) is 0 Å². The summed E-state index contributed by atoms with van der Waals surface area (Å²) in [4.78, 5) is 0. The van der Waals surface area contributed by atoms with Crippen molar-refractivity contribution in [2.24, 2.45) is 0 Å². The van der Waals surface area contributed by atoms with E-state index in [0.29, 0.717) is 0 Å². The van der Waals surface area contributed by atoms with Crippen molar-refractivity contribution >= 4 is 34.5 Å². The summed E-state index contributed by atoms with van der Waals surface area (Å²) in [5.41, 5.74) is 0. The van der Waals surface area contributed by atoms with E-state index in [4.69, 9.17) is 6.48 Å². The maximum Gasteiger partial charge on any atom is 1.00 e. The van der Waals surface area contributed by atoms with Crippen LogP contribution in [0.25, 0.3) is 0 Å². The van der Waals surface area contributed by atoms with Crippen molar-refractivity contribution in [1.29, 1.82) is 0 Å². The van der Waals surface area contributed by atoms with Crippen molar-refractivity contribution in [3.63, 3.8) is 0 Å². The van der Waals surface area contributed by atoms with Crippen LogP contribution in [0, 0.1) is 0 Å². The molecule has 0 aliphatic heterocycles. The normalized spacial score (nSPS) is 7.00. The minimum absolute atomic E-state index is 0. The van der Waals surface area contributed by atoms with E-state index < -0.39 is 5.05 Å². The molecule has 9 heavy (non-hydrogen) atoms. The molecule has 0 radical (unpaired) electrons. The number of thiocarbonyl (C=S) groups is 2. The third-order valence-electron chi connectivity index (χ3n) is 0. The van der Waals surface area contributed by atoms with Gasteiger partial charge >= 0.3 is 51.4 Å². The van der Waals surface area contributed by atoms with Crippen molar-refractivity contribution in [2.75, 3.05) is 0 Å². The molecule has 0 saturated heterocycles. The first-order chi connectivity index (χ1) is 4.00. The molecule has 2 nitrogen and oxygen atoms in total. The second kappa shape index (κ2) is 12.1. The van der Waals surface area contributed by atoms with E-state index in [9.17, 15) is 5.11 Å². The molecule has 0 atom stereocenters. The van der Waals surface area contributed by atoms with E-state index in [1.807, 2.05) is 0 Å². The fraction of sp³-hybridized carbons (Fsp3) is 0.500. The van der Waals surface area contributed by atoms with Crippen molar-refractivity contribution in [2.45, 2.75) is 13.8 Å². The van der Waals surface area contributed by atoms with Gasteiger partial charge in [-0.2, -0.15) is 0 Å². The molecule has 0 rings (SSSR count). The summed E-state index contributed by atoms with van der Waals surface area (Å²) in [6.45, 7) is 1.19. The third-order valence-corrected chi connectivity index (χ3v) is 0. The van der Waals surface area contributed by atoms with Gasteiger partial charge in [0.1, 0.15) is 0 Å². The fourth-order valence-electron chi connectivity index (χ4n) is 0. The van der Waals surface area contributed by atoms with Gasteiger partial charge in [-0.05, 0) is 19.1 Å². The number of aliphatic hydroxyl groups excluding tert-OH is 1. The van der Waals surface area contributed by atoms with Crippen LogP contribution in [0.4, 0.5) is 0 Å². The molecular formula is C4H7KO2S2. The molecular weight excluding hydrogens is 183 g/mol. The average molecular weight is 191 g/mol. The standard InChI is InChI=1S/2C2H4OS.K/c2*1-2(3)4;/h2*1H3,(H,3,4);/q;;+1/p-1/i1D;;. The predicted octanol–water partition coefficient (Wildman–Crippen LogP) is -2.41. The summed E-state index contributed by atoms with van der Waals surface area (Å²) in [7, 11) is 0. The molecule has 0 aromatic carbocycles. The van der Waals surface area contributed by atoms with Crippen LogP contribution >= 0.6 is 24.4 Å². The number of hydrogen-bond donors (Lipinski definition) is 1. The first-order valence-electron chi connectivity index (χ1n) is 2.40. The SMILES string of the molecule is CC(O)=S.[2H]CC([O-])=S.[K+]. The summed E-state index contributed by atoms with van der Waals surface area (Å²) in [6, 6.07) is 0. The molecule has 0 amide bonds. The van der Waals surface area contributed by atoms with Gasteiger partial charge in [0.25, 0.3) is 0 Å². The van der Waals surface area contributed by atoms with E-state index in [1.165, 1.54) is 6.92 Å². The van der Waals surface area contributed by atoms with Crippen molar-refractivity contribution in [3.8, 4) is 0 Å². The molecule has 48 valence electrons. The zero-order chi connectivity index (χ0) is 7.86. The quantitative estimate of drug-likeness (QED) is 0.342. The molecule has 0 bridgehead atoms. The van der Waals surface area contributed by atoms with E-state index in [-0.39, 0.29) is 63.3 Å². The maximum absolute atomic E-state index is 9.44. The maximum atomic E-state index is 9.44. The van der Waals surface area contributed by atoms with Crippen LogP contribution in [0.5, 0.6) is 0 Å². The van der Waals surface area contributed by atoms with Crippen molar-refractivity contribution in [3.05, 3.63) is 0 Å². The Morgan fingerprint density at radius 2 is 1.78 bits per heavy atom. The van der Waals surface area contributed by atoms with Crippen molar-refractivity contribution in [1.82, 2.24) is 0 Å². The summed E-state index contributed by atoms with van der Waals surface area (Å²) in [6.07, 6.45) is 0. The van der Waals surface area contributed by atoms with Gasteiger partial charge in [-0.25, -0.2) is 0 Å². The van der Waals surface area contributed by atoms with Gasteiger partial charge in [-0.1, -0.05) is 5.05 Å². The Morgan fingerprint density at radius 3 is 1.78 bits per heavy atom. The Bertz CT molecular complexity index is 105. The van der Waals surface area contributed by atoms with Gasteiger partial charge in [0, 0.05) is 8.29 Å². The van der Waals surface area contributed by atoms with Crippen LogP contribution in [-0.4, -0.2) is 15.2 Å². The smallest absolute Gasteiger partial charge is 0.868 e. The van der Waals surface area contributed by atoms with Gasteiger partial charge in [0.2, 0.25) is 0 Å². The van der Waals surface area contributed by atoms with E-state index in [1.54, 1.807) is 0 Å². The summed E-state index contributed by atoms with van der Waals surface area (Å²) in [5.74, 6) is 0. The minimum Gasteiger partial charge on any atom is -0.868 e. The van der Waals surface area contributed by atoms with Gasteiger partial charge in [0.15, 0.2) is 5.05 Å². The Balaban J connectivity index is -0.0000000910. The second-order valence-corrected chi connectivity index (χ2v) is 1.94. The first-order valence-corrected chi connectivity index (χ1v) is 2.51. The molecule has 0 aliphatic rings. The fourth-order valence-corrected chi connectivity index (χ4v) is 0. The van der Waals surface area contributed by atoms with Crippen LogP contribution in [-0.2, 0) is 0 Å². The molecule has 0 aromatic rings. The van der Waals surface area contributed by atoms with E-state index in [2.05, 4.69) is 24.4 Å². The molecule has 0 heterocycles. The molecule has 0 fully saturated rings. The molecule has 0 unspecified atom stereocenters. The summed E-state index contributed by atoms with van der Waals surface area (Å²) < 4.78 is 6.20. The van der Waals surface area contributed by atoms with Gasteiger partial charge < -0.3 is 10.2 Å². The molecule has 0 spiro atoms. The van der Waals surface area contributed by atoms with Crippen LogP contribution in [0.15, 0.2) is 0 Å². The predicted molar refractivity (Wildman–Crippen MR) is 39.2 cm³/mol. The van der Waals surface area contributed by atoms with Crippen molar-refractivity contribution < 1.29 is 63.0 Å². The zero-order valence-electron chi connectivity index (χ0n) is 6.38. The second-order valence-electron chi connectivity index (χ2n) is 0.891. The topological polar surface area (TPSA) is 43.3 Å². The van der Waals surface area contributed by atoms with Gasteiger partial charge in [-0.3, -0.25) is 0 Å². The van der Waals surface area contributed by atoms with Crippen LogP contribution in [0.1, 0.15) is 15.2 Å². The molecule has 5 heteroatoms. The van der Waals surface area contributed by atoms with Crippen LogP contribution < -0.4 is 56.5 Å². The average Bonchev–Trinajstić information content (AvgIpc) is 1.65. The Labute approximate surface area is 109 Å². The summed E-state index contributed by atoms with van der Waals surface area (Å²) >= 11 is 8.05. The first kappa shape index (κ1) is 13.0. The van der Waals surface area contributed by atoms with Crippen LogP contribution in [0.3, 0.4) is 0 Å². The molecule has 0 saturated carbocycles. The number of aliphatic hydroxyl groups is 1. The molecule has 0 aliphatic carbocycles.